The first-order chi connectivity index (χ1) is 29.8. The van der Waals surface area contributed by atoms with Crippen molar-refractivity contribution in [1.29, 1.82) is 0 Å². The van der Waals surface area contributed by atoms with Crippen LogP contribution in [-0.2, 0) is 5.41 Å². The lowest BCUT2D eigenvalue weighted by atomic mass is 9.67. The molecule has 0 atom stereocenters. The predicted molar refractivity (Wildman–Crippen MR) is 254 cm³/mol. The Hall–Kier alpha value is -7.74. The molecular weight excluding hydrogens is 723 g/mol. The Balaban J connectivity index is 1.11. The van der Waals surface area contributed by atoms with Crippen LogP contribution in [0.4, 0.5) is 17.1 Å². The van der Waals surface area contributed by atoms with Gasteiger partial charge in [-0.05, 0) is 130 Å². The fourth-order valence-electron chi connectivity index (χ4n) is 10.2. The largest absolute Gasteiger partial charge is 0.310 e. The molecule has 11 aromatic carbocycles. The van der Waals surface area contributed by atoms with Crippen molar-refractivity contribution >= 4 is 60.2 Å². The SMILES string of the molecule is c1ccc(C2(c3ccccc3)c3ccccc3-c3ccc(N(c4ccc(-c5ccc6ccccc6c5)cc4)c4ccc5c6ccccc6c6ccccc6c5c4)cc32)cc1. The second-order valence-corrected chi connectivity index (χ2v) is 16.0. The van der Waals surface area contributed by atoms with Crippen molar-refractivity contribution < 1.29 is 0 Å². The zero-order valence-corrected chi connectivity index (χ0v) is 33.0. The number of nitrogens with zero attached hydrogens (tertiary/aromatic N) is 1. The van der Waals surface area contributed by atoms with E-state index >= 15 is 0 Å². The van der Waals surface area contributed by atoms with E-state index in [1.54, 1.807) is 0 Å². The van der Waals surface area contributed by atoms with Crippen LogP contribution in [0.25, 0.3) is 65.3 Å². The van der Waals surface area contributed by atoms with Gasteiger partial charge in [0.05, 0.1) is 5.41 Å². The molecule has 0 spiro atoms. The van der Waals surface area contributed by atoms with Crippen molar-refractivity contribution in [3.8, 4) is 22.3 Å². The van der Waals surface area contributed by atoms with Crippen LogP contribution < -0.4 is 4.90 Å². The first-order valence-corrected chi connectivity index (χ1v) is 20.8. The van der Waals surface area contributed by atoms with Gasteiger partial charge >= 0.3 is 0 Å². The highest BCUT2D eigenvalue weighted by molar-refractivity contribution is 6.25. The molecule has 0 radical (unpaired) electrons. The summed E-state index contributed by atoms with van der Waals surface area (Å²) in [5.74, 6) is 0. The Bertz CT molecular complexity index is 3350. The van der Waals surface area contributed by atoms with E-state index in [0.29, 0.717) is 0 Å². The molecule has 0 bridgehead atoms. The molecule has 0 unspecified atom stereocenters. The highest BCUT2D eigenvalue weighted by Gasteiger charge is 2.46. The molecule has 0 fully saturated rings. The Morgan fingerprint density at radius 1 is 0.267 bits per heavy atom. The first kappa shape index (κ1) is 34.3. The van der Waals surface area contributed by atoms with Crippen LogP contribution in [0.15, 0.2) is 237 Å². The van der Waals surface area contributed by atoms with Crippen LogP contribution in [0.5, 0.6) is 0 Å². The topological polar surface area (TPSA) is 3.24 Å². The molecule has 0 saturated heterocycles. The van der Waals surface area contributed by atoms with E-state index in [4.69, 9.17) is 0 Å². The monoisotopic (exact) mass is 761 g/mol. The maximum Gasteiger partial charge on any atom is 0.0714 e. The van der Waals surface area contributed by atoms with E-state index < -0.39 is 5.41 Å². The van der Waals surface area contributed by atoms with Gasteiger partial charge in [-0.1, -0.05) is 194 Å². The Morgan fingerprint density at radius 3 is 1.43 bits per heavy atom. The van der Waals surface area contributed by atoms with Crippen molar-refractivity contribution in [3.63, 3.8) is 0 Å². The Kier molecular flexibility index (Phi) is 7.83. The van der Waals surface area contributed by atoms with Crippen LogP contribution in [0, 0.1) is 0 Å². The van der Waals surface area contributed by atoms with E-state index in [0.717, 1.165) is 17.1 Å². The zero-order chi connectivity index (χ0) is 39.6. The number of hydrogen-bond donors (Lipinski definition) is 0. The molecule has 280 valence electrons. The highest BCUT2D eigenvalue weighted by Crippen LogP contribution is 2.57. The molecule has 0 saturated carbocycles. The van der Waals surface area contributed by atoms with Gasteiger partial charge < -0.3 is 4.90 Å². The normalized spacial score (nSPS) is 12.8. The zero-order valence-electron chi connectivity index (χ0n) is 33.0. The molecule has 1 nitrogen and oxygen atoms in total. The lowest BCUT2D eigenvalue weighted by Gasteiger charge is -2.35. The standard InChI is InChI=1S/C59H39N/c1-3-17-44(18-4-1)59(45-19-5-2-6-20-45)57-26-14-13-25-54(57)55-36-34-48(39-58(55)59)60(46-31-29-41(30-32-46)43-28-27-40-15-7-8-16-42(40)37-43)47-33-35-53-51-23-10-9-21-49(51)50-22-11-12-24-52(50)56(53)38-47/h1-39H. The van der Waals surface area contributed by atoms with Gasteiger partial charge in [-0.3, -0.25) is 0 Å². The van der Waals surface area contributed by atoms with Crippen molar-refractivity contribution in [2.45, 2.75) is 5.41 Å². The third-order valence-electron chi connectivity index (χ3n) is 12.9. The average Bonchev–Trinajstić information content (AvgIpc) is 3.63. The summed E-state index contributed by atoms with van der Waals surface area (Å²) >= 11 is 0. The van der Waals surface area contributed by atoms with E-state index in [1.165, 1.54) is 87.6 Å². The molecule has 0 N–H and O–H groups in total. The van der Waals surface area contributed by atoms with Crippen molar-refractivity contribution in [1.82, 2.24) is 0 Å². The van der Waals surface area contributed by atoms with Gasteiger partial charge in [-0.15, -0.1) is 0 Å². The van der Waals surface area contributed by atoms with Gasteiger partial charge in [0.2, 0.25) is 0 Å². The fraction of sp³-hybridized carbons (Fsp3) is 0.0169. The van der Waals surface area contributed by atoms with Gasteiger partial charge in [-0.2, -0.15) is 0 Å². The van der Waals surface area contributed by atoms with Gasteiger partial charge in [0.1, 0.15) is 0 Å². The van der Waals surface area contributed by atoms with E-state index in [-0.39, 0.29) is 0 Å². The van der Waals surface area contributed by atoms with E-state index in [2.05, 4.69) is 241 Å². The van der Waals surface area contributed by atoms with Crippen LogP contribution in [-0.4, -0.2) is 0 Å². The summed E-state index contributed by atoms with van der Waals surface area (Å²) in [6.07, 6.45) is 0. The summed E-state index contributed by atoms with van der Waals surface area (Å²) in [5, 5.41) is 10.1. The second kappa shape index (κ2) is 13.7. The molecule has 11 aromatic rings. The maximum absolute atomic E-state index is 2.47. The summed E-state index contributed by atoms with van der Waals surface area (Å²) in [6.45, 7) is 0. The molecule has 0 heterocycles. The van der Waals surface area contributed by atoms with Crippen molar-refractivity contribution in [2.75, 3.05) is 4.90 Å². The number of benzene rings is 11. The molecular formula is C59H39N. The first-order valence-electron chi connectivity index (χ1n) is 20.8. The third-order valence-corrected chi connectivity index (χ3v) is 12.9. The second-order valence-electron chi connectivity index (χ2n) is 16.0. The third kappa shape index (κ3) is 5.19. The minimum atomic E-state index is -0.505. The van der Waals surface area contributed by atoms with Crippen molar-refractivity contribution in [3.05, 3.63) is 259 Å². The molecule has 0 aromatic heterocycles. The van der Waals surface area contributed by atoms with Gasteiger partial charge in [0.25, 0.3) is 0 Å². The van der Waals surface area contributed by atoms with Crippen LogP contribution in [0.1, 0.15) is 22.3 Å². The smallest absolute Gasteiger partial charge is 0.0714 e. The summed E-state index contributed by atoms with van der Waals surface area (Å²) in [6, 6.07) is 87.5. The number of rotatable bonds is 6. The average molecular weight is 762 g/mol. The van der Waals surface area contributed by atoms with Gasteiger partial charge in [0, 0.05) is 17.1 Å². The van der Waals surface area contributed by atoms with Crippen LogP contribution in [0.2, 0.25) is 0 Å². The molecule has 1 aliphatic rings. The van der Waals surface area contributed by atoms with Crippen molar-refractivity contribution in [2.24, 2.45) is 0 Å². The van der Waals surface area contributed by atoms with E-state index in [9.17, 15) is 0 Å². The number of fused-ring (bicyclic) bond motifs is 10. The Morgan fingerprint density at radius 2 is 0.750 bits per heavy atom. The van der Waals surface area contributed by atoms with Crippen LogP contribution in [0.3, 0.4) is 0 Å². The number of anilines is 3. The molecule has 0 aliphatic heterocycles. The summed E-state index contributed by atoms with van der Waals surface area (Å²) in [5.41, 5.74) is 12.9. The summed E-state index contributed by atoms with van der Waals surface area (Å²) < 4.78 is 0. The lowest BCUT2D eigenvalue weighted by molar-refractivity contribution is 0.768. The summed E-state index contributed by atoms with van der Waals surface area (Å²) in [7, 11) is 0. The van der Waals surface area contributed by atoms with Crippen LogP contribution >= 0.6 is 0 Å². The Labute approximate surface area is 350 Å². The molecule has 0 amide bonds. The van der Waals surface area contributed by atoms with E-state index in [1.807, 2.05) is 0 Å². The lowest BCUT2D eigenvalue weighted by Crippen LogP contribution is -2.28. The van der Waals surface area contributed by atoms with Gasteiger partial charge in [0.15, 0.2) is 0 Å². The number of hydrogen-bond acceptors (Lipinski definition) is 1. The highest BCUT2D eigenvalue weighted by atomic mass is 15.1. The quantitative estimate of drug-likeness (QED) is 0.153. The minimum Gasteiger partial charge on any atom is -0.310 e. The summed E-state index contributed by atoms with van der Waals surface area (Å²) in [4.78, 5) is 2.46. The molecule has 1 heteroatoms. The minimum absolute atomic E-state index is 0.505. The molecule has 1 aliphatic carbocycles. The molecule has 12 rings (SSSR count). The maximum atomic E-state index is 2.47. The fourth-order valence-corrected chi connectivity index (χ4v) is 10.2. The predicted octanol–water partition coefficient (Wildman–Crippen LogP) is 15.8. The van der Waals surface area contributed by atoms with Gasteiger partial charge in [-0.25, -0.2) is 0 Å². The molecule has 60 heavy (non-hydrogen) atoms.